The summed E-state index contributed by atoms with van der Waals surface area (Å²) in [5.74, 6) is 0. The molecule has 0 bridgehead atoms. The Bertz CT molecular complexity index is 6400. The summed E-state index contributed by atoms with van der Waals surface area (Å²) in [6, 6.07) is 83.5. The zero-order valence-corrected chi connectivity index (χ0v) is 56.3. The lowest BCUT2D eigenvalue weighted by Gasteiger charge is -2.41. The number of halogens is 2. The number of aryl methyl sites for hydroxylation is 2. The molecule has 6 aromatic heterocycles. The van der Waals surface area contributed by atoms with Crippen molar-refractivity contribution >= 4 is 190 Å². The highest BCUT2D eigenvalue weighted by molar-refractivity contribution is 7.00. The molecule has 0 N–H and O–H groups in total. The van der Waals surface area contributed by atoms with Crippen molar-refractivity contribution in [2.45, 2.75) is 66.2 Å². The number of hydrogen-bond donors (Lipinski definition) is 0. The number of rotatable bonds is 5. The van der Waals surface area contributed by atoms with Gasteiger partial charge in [0.15, 0.2) is 0 Å². The second-order valence-corrected chi connectivity index (χ2v) is 29.3. The smallest absolute Gasteiger partial charge is 0.252 e. The van der Waals surface area contributed by atoms with E-state index in [0.717, 1.165) is 139 Å². The van der Waals surface area contributed by atoms with Crippen molar-refractivity contribution in [2.75, 3.05) is 9.80 Å². The number of aromatic nitrogens is 2. The van der Waals surface area contributed by atoms with Crippen LogP contribution in [0.3, 0.4) is 0 Å². The molecule has 18 aromatic rings. The topological polar surface area (TPSA) is 68.9 Å². The molecule has 11 heteroatoms. The molecule has 12 aromatic carbocycles. The zero-order valence-electron chi connectivity index (χ0n) is 54.8. The second-order valence-electron chi connectivity index (χ2n) is 28.4. The molecule has 0 amide bonds. The highest BCUT2D eigenvalue weighted by Gasteiger charge is 2.44. The molecule has 0 radical (unpaired) electrons. The molecule has 8 heterocycles. The van der Waals surface area contributed by atoms with Crippen molar-refractivity contribution in [3.05, 3.63) is 269 Å². The molecule has 0 aliphatic carbocycles. The predicted octanol–water partition coefficient (Wildman–Crippen LogP) is 23.5. The predicted molar refractivity (Wildman–Crippen MR) is 407 cm³/mol. The van der Waals surface area contributed by atoms with E-state index >= 15 is 0 Å². The van der Waals surface area contributed by atoms with Gasteiger partial charge in [-0.15, -0.1) is 0 Å². The molecular formula is C86H63BCl2N4O4. The minimum Gasteiger partial charge on any atom is -0.456 e. The Morgan fingerprint density at radius 1 is 0.371 bits per heavy atom. The van der Waals surface area contributed by atoms with Crippen molar-refractivity contribution in [3.63, 3.8) is 0 Å². The van der Waals surface area contributed by atoms with Gasteiger partial charge in [0, 0.05) is 70.8 Å². The van der Waals surface area contributed by atoms with Crippen LogP contribution in [0.15, 0.2) is 254 Å². The molecule has 468 valence electrons. The summed E-state index contributed by atoms with van der Waals surface area (Å²) in [4.78, 5) is 4.70. The van der Waals surface area contributed by atoms with Crippen LogP contribution in [-0.4, -0.2) is 15.8 Å². The van der Waals surface area contributed by atoms with Crippen LogP contribution in [0, 0.1) is 13.8 Å². The maximum atomic E-state index is 6.90. The fraction of sp³-hybridized carbons (Fsp3) is 0.116. The summed E-state index contributed by atoms with van der Waals surface area (Å²) in [5, 5.41) is 12.7. The summed E-state index contributed by atoms with van der Waals surface area (Å²) in [7, 11) is 0. The van der Waals surface area contributed by atoms with Crippen LogP contribution in [0.1, 0.15) is 63.8 Å². The second kappa shape index (κ2) is 20.8. The van der Waals surface area contributed by atoms with Gasteiger partial charge >= 0.3 is 0 Å². The number of hydrogen-bond acceptors (Lipinski definition) is 6. The lowest BCUT2D eigenvalue weighted by molar-refractivity contribution is 0.591. The van der Waals surface area contributed by atoms with E-state index in [1.54, 1.807) is 0 Å². The van der Waals surface area contributed by atoms with Crippen LogP contribution < -0.4 is 26.2 Å². The number of furan rings is 4. The largest absolute Gasteiger partial charge is 0.456 e. The first-order chi connectivity index (χ1) is 47.0. The van der Waals surface area contributed by atoms with Crippen LogP contribution in [0.4, 0.5) is 34.1 Å². The lowest BCUT2D eigenvalue weighted by Crippen LogP contribution is -2.60. The number of benzene rings is 12. The highest BCUT2D eigenvalue weighted by atomic mass is 35.5. The van der Waals surface area contributed by atoms with E-state index in [-0.39, 0.29) is 17.5 Å². The minimum atomic E-state index is -0.0590. The van der Waals surface area contributed by atoms with Gasteiger partial charge in [-0.3, -0.25) is 9.13 Å². The van der Waals surface area contributed by atoms with Gasteiger partial charge < -0.3 is 27.5 Å². The van der Waals surface area contributed by atoms with Crippen molar-refractivity contribution in [3.8, 4) is 11.4 Å². The highest BCUT2D eigenvalue weighted by Crippen LogP contribution is 2.50. The molecule has 0 saturated heterocycles. The van der Waals surface area contributed by atoms with E-state index in [0.29, 0.717) is 10.0 Å². The normalized spacial score (nSPS) is 13.0. The molecule has 0 fully saturated rings. The lowest BCUT2D eigenvalue weighted by atomic mass is 9.33. The van der Waals surface area contributed by atoms with Gasteiger partial charge in [0.25, 0.3) is 6.71 Å². The van der Waals surface area contributed by atoms with Gasteiger partial charge in [0.2, 0.25) is 11.4 Å². The van der Waals surface area contributed by atoms with Crippen LogP contribution in [0.25, 0.3) is 121 Å². The van der Waals surface area contributed by atoms with Gasteiger partial charge in [0.05, 0.1) is 49.6 Å². The number of fused-ring (bicyclic) bond motifs is 20. The maximum Gasteiger partial charge on any atom is 0.252 e. The van der Waals surface area contributed by atoms with Gasteiger partial charge in [0.1, 0.15) is 33.5 Å². The van der Waals surface area contributed by atoms with E-state index in [9.17, 15) is 0 Å². The molecule has 97 heavy (non-hydrogen) atoms. The van der Waals surface area contributed by atoms with Gasteiger partial charge in [-0.25, -0.2) is 0 Å². The molecule has 2 aliphatic rings. The third-order valence-corrected chi connectivity index (χ3v) is 20.7. The molecule has 0 saturated carbocycles. The SMILES string of the molecule is Cc1cc(N(c2cccc(Cl)c2)c2cccc3oc4ccccc4c23)cc(-n2c3ccc(C(C)(C)C)cc3c3c4ccccc4oc32)c1.Cc1cc2c3c(c1)-n1c4oc5ccccc5c4c4cc(C(C)(C)C)cc(c41)B3c1ccc(Cl)cc1N2c1cccc2oc3ccccc3c12. The first-order valence-corrected chi connectivity index (χ1v) is 34.0. The molecule has 20 rings (SSSR count). The Morgan fingerprint density at radius 3 is 1.61 bits per heavy atom. The standard InChI is InChI=1S/C43H30BClN2O2.C43H33ClN2O2/c1-23-18-33-40-34(19-23)47-41-28(38-26-10-5-8-14-36(26)49-42(38)47)20-24(43(2,3)4)21-30(41)44(40)29-17-16-25(45)22-32(29)46(33)31-12-9-15-37-39(31)27-11-6-7-13-35(27)48-37;1-26-21-30(45(29-12-9-11-28(44)24-29)36-15-10-18-39-41(36)33-14-6-7-16-37(33)47-39)25-31(22-26)46-35-20-19-27(43(2,3)4)23-34(35)40-32-13-5-8-17-38(32)48-42(40)46/h5-22H,1-4H3;5-25H,1-4H3. The average Bonchev–Trinajstić information content (AvgIpc) is 1.62. The Hall–Kier alpha value is -10.8. The summed E-state index contributed by atoms with van der Waals surface area (Å²) in [6.07, 6.45) is 0. The van der Waals surface area contributed by atoms with Crippen LogP contribution in [0.2, 0.25) is 10.0 Å². The first-order valence-electron chi connectivity index (χ1n) is 33.2. The zero-order chi connectivity index (χ0) is 65.7. The summed E-state index contributed by atoms with van der Waals surface area (Å²) < 4.78 is 30.9. The van der Waals surface area contributed by atoms with E-state index in [4.69, 9.17) is 40.9 Å². The van der Waals surface area contributed by atoms with Gasteiger partial charge in [-0.2, -0.15) is 0 Å². The summed E-state index contributed by atoms with van der Waals surface area (Å²) >= 11 is 13.5. The molecule has 0 spiro atoms. The third kappa shape index (κ3) is 8.64. The molecule has 2 aliphatic heterocycles. The monoisotopic (exact) mass is 1300 g/mol. The third-order valence-electron chi connectivity index (χ3n) is 20.2. The van der Waals surface area contributed by atoms with Crippen molar-refractivity contribution in [1.29, 1.82) is 0 Å². The first kappa shape index (κ1) is 57.6. The van der Waals surface area contributed by atoms with E-state index in [1.807, 2.05) is 60.7 Å². The van der Waals surface area contributed by atoms with Crippen LogP contribution in [0.5, 0.6) is 0 Å². The van der Waals surface area contributed by atoms with Crippen molar-refractivity contribution in [1.82, 2.24) is 9.13 Å². The molecule has 0 unspecified atom stereocenters. The Balaban J connectivity index is 0.000000136. The fourth-order valence-electron chi connectivity index (χ4n) is 15.9. The fourth-order valence-corrected chi connectivity index (χ4v) is 16.3. The van der Waals surface area contributed by atoms with Crippen molar-refractivity contribution < 1.29 is 17.7 Å². The number of anilines is 6. The summed E-state index contributed by atoms with van der Waals surface area (Å²) in [5.41, 5.74) is 26.4. The molecule has 8 nitrogen and oxygen atoms in total. The number of para-hydroxylation sites is 4. The van der Waals surface area contributed by atoms with E-state index < -0.39 is 0 Å². The van der Waals surface area contributed by atoms with Crippen LogP contribution in [-0.2, 0) is 10.8 Å². The van der Waals surface area contributed by atoms with Crippen molar-refractivity contribution in [2.24, 2.45) is 0 Å². The van der Waals surface area contributed by atoms with Gasteiger partial charge in [-0.05, 0) is 191 Å². The van der Waals surface area contributed by atoms with Crippen LogP contribution >= 0.6 is 23.2 Å². The van der Waals surface area contributed by atoms with E-state index in [2.05, 4.69) is 250 Å². The molecule has 0 atom stereocenters. The van der Waals surface area contributed by atoms with Gasteiger partial charge in [-0.1, -0.05) is 174 Å². The Labute approximate surface area is 569 Å². The van der Waals surface area contributed by atoms with E-state index in [1.165, 1.54) is 54.8 Å². The Morgan fingerprint density at radius 2 is 0.928 bits per heavy atom. The summed E-state index contributed by atoms with van der Waals surface area (Å²) in [6.45, 7) is 18.0. The number of nitrogens with zero attached hydrogens (tertiary/aromatic N) is 4. The maximum absolute atomic E-state index is 6.90. The minimum absolute atomic E-state index is 0.00279. The quantitative estimate of drug-likeness (QED) is 0.160. The molecular weight excluding hydrogens is 1230 g/mol. The Kier molecular flexibility index (Phi) is 12.4. The average molecular weight is 1300 g/mol.